The number of aryl methyl sites for hydroxylation is 3. The van der Waals surface area contributed by atoms with Gasteiger partial charge in [-0.05, 0) is 100 Å². The van der Waals surface area contributed by atoms with Crippen LogP contribution in [0.5, 0.6) is 0 Å². The maximum absolute atomic E-state index is 2.52. The highest BCUT2D eigenvalue weighted by molar-refractivity contribution is 5.77. The standard InChI is InChI=1S/C32H46.C4H10.4C2H6.CH4/c1-22(30(2,3)4)13-11-12-14-24-20-27(32(8,9)10)21-25-16-15-23-19-26(31(5,6)7)17-18-28(23)29(24)25;1-4(2)3;4*1-2;/h13,17-21H,11-12,14-16H2,1-10H3;4H,1-3H3;4*1-2H3;1H4/b22-13+;;;;;;. The Kier molecular flexibility index (Phi) is 27.1. The molecule has 0 unspecified atom stereocenters. The fourth-order valence-electron chi connectivity index (χ4n) is 4.64. The first-order valence-electron chi connectivity index (χ1n) is 18.4. The van der Waals surface area contributed by atoms with Crippen LogP contribution in [0.25, 0.3) is 11.1 Å². The molecule has 0 fully saturated rings. The van der Waals surface area contributed by atoms with Crippen LogP contribution in [-0.4, -0.2) is 0 Å². The van der Waals surface area contributed by atoms with E-state index in [-0.39, 0.29) is 23.7 Å². The highest BCUT2D eigenvalue weighted by Gasteiger charge is 2.25. The van der Waals surface area contributed by atoms with Gasteiger partial charge in [0.2, 0.25) is 0 Å². The Hall–Kier alpha value is -1.82. The molecule has 0 atom stereocenters. The number of fused-ring (bicyclic) bond motifs is 3. The average Bonchev–Trinajstić information content (AvgIpc) is 2.97. The molecule has 0 N–H and O–H groups in total. The Balaban J connectivity index is -0.000000570. The smallest absolute Gasteiger partial charge is 0.0117 e. The predicted molar refractivity (Wildman–Crippen MR) is 215 cm³/mol. The predicted octanol–water partition coefficient (Wildman–Crippen LogP) is 15.8. The summed E-state index contributed by atoms with van der Waals surface area (Å²) in [6.45, 7) is 45.7. The molecule has 0 nitrogen and oxygen atoms in total. The summed E-state index contributed by atoms with van der Waals surface area (Å²) in [6, 6.07) is 12.3. The average molecular weight is 625 g/mol. The number of benzene rings is 2. The summed E-state index contributed by atoms with van der Waals surface area (Å²) in [5, 5.41) is 0. The van der Waals surface area contributed by atoms with E-state index in [1.807, 2.05) is 55.4 Å². The Morgan fingerprint density at radius 3 is 1.51 bits per heavy atom. The maximum Gasteiger partial charge on any atom is -0.0117 e. The Labute approximate surface area is 287 Å². The fourth-order valence-corrected chi connectivity index (χ4v) is 4.64. The zero-order valence-corrected chi connectivity index (χ0v) is 34.1. The highest BCUT2D eigenvalue weighted by Crippen LogP contribution is 2.41. The lowest BCUT2D eigenvalue weighted by Crippen LogP contribution is -2.16. The minimum absolute atomic E-state index is 0. The highest BCUT2D eigenvalue weighted by atomic mass is 14.3. The van der Waals surface area contributed by atoms with Gasteiger partial charge in [-0.15, -0.1) is 0 Å². The van der Waals surface area contributed by atoms with Crippen molar-refractivity contribution >= 4 is 0 Å². The first-order valence-corrected chi connectivity index (χ1v) is 18.4. The molecule has 0 heteroatoms. The number of unbranched alkanes of at least 4 members (excludes halogenated alkanes) is 1. The lowest BCUT2D eigenvalue weighted by atomic mass is 9.75. The van der Waals surface area contributed by atoms with E-state index in [0.29, 0.717) is 0 Å². The molecular weight excluding hydrogens is 540 g/mol. The van der Waals surface area contributed by atoms with Gasteiger partial charge in [0.05, 0.1) is 0 Å². The molecule has 264 valence electrons. The second-order valence-corrected chi connectivity index (χ2v) is 14.8. The summed E-state index contributed by atoms with van der Waals surface area (Å²) in [4.78, 5) is 0. The number of hydrogen-bond donors (Lipinski definition) is 0. The first kappa shape index (κ1) is 50.0. The minimum Gasteiger partial charge on any atom is -0.0851 e. The van der Waals surface area contributed by atoms with E-state index in [1.165, 1.54) is 39.8 Å². The van der Waals surface area contributed by atoms with Crippen molar-refractivity contribution < 1.29 is 0 Å². The molecule has 1 aliphatic rings. The van der Waals surface area contributed by atoms with Crippen molar-refractivity contribution in [3.05, 3.63) is 69.8 Å². The molecule has 0 aromatic heterocycles. The molecule has 0 aliphatic heterocycles. The van der Waals surface area contributed by atoms with Crippen LogP contribution in [0, 0.1) is 11.3 Å². The maximum atomic E-state index is 2.52. The van der Waals surface area contributed by atoms with Crippen molar-refractivity contribution in [3.63, 3.8) is 0 Å². The van der Waals surface area contributed by atoms with Gasteiger partial charge in [-0.3, -0.25) is 0 Å². The van der Waals surface area contributed by atoms with Crippen molar-refractivity contribution in [2.45, 2.75) is 196 Å². The van der Waals surface area contributed by atoms with Crippen LogP contribution >= 0.6 is 0 Å². The van der Waals surface area contributed by atoms with Gasteiger partial charge in [-0.2, -0.15) is 0 Å². The summed E-state index contributed by atoms with van der Waals surface area (Å²) in [5.41, 5.74) is 12.8. The third kappa shape index (κ3) is 18.2. The van der Waals surface area contributed by atoms with Gasteiger partial charge in [0, 0.05) is 0 Å². The van der Waals surface area contributed by atoms with Crippen molar-refractivity contribution in [2.24, 2.45) is 11.3 Å². The van der Waals surface area contributed by atoms with Crippen LogP contribution in [0.15, 0.2) is 42.0 Å². The lowest BCUT2D eigenvalue weighted by molar-refractivity contribution is 0.501. The van der Waals surface area contributed by atoms with Crippen molar-refractivity contribution in [2.75, 3.05) is 0 Å². The van der Waals surface area contributed by atoms with E-state index in [9.17, 15) is 0 Å². The van der Waals surface area contributed by atoms with E-state index in [4.69, 9.17) is 0 Å². The molecule has 45 heavy (non-hydrogen) atoms. The molecule has 0 saturated carbocycles. The van der Waals surface area contributed by atoms with E-state index in [2.05, 4.69) is 126 Å². The van der Waals surface area contributed by atoms with E-state index in [0.717, 1.165) is 31.6 Å². The zero-order chi connectivity index (χ0) is 35.5. The molecule has 0 radical (unpaired) electrons. The second-order valence-electron chi connectivity index (χ2n) is 14.8. The number of rotatable bonds is 4. The van der Waals surface area contributed by atoms with Crippen molar-refractivity contribution in [1.82, 2.24) is 0 Å². The molecule has 0 amide bonds. The van der Waals surface area contributed by atoms with Gasteiger partial charge in [-0.1, -0.05) is 188 Å². The lowest BCUT2D eigenvalue weighted by Gasteiger charge is -2.29. The molecule has 0 heterocycles. The molecule has 3 rings (SSSR count). The Morgan fingerprint density at radius 2 is 1.09 bits per heavy atom. The summed E-state index contributed by atoms with van der Waals surface area (Å²) >= 11 is 0. The van der Waals surface area contributed by atoms with Crippen LogP contribution in [0.3, 0.4) is 0 Å². The minimum atomic E-state index is 0. The normalized spacial score (nSPS) is 11.9. The third-order valence-electron chi connectivity index (χ3n) is 7.36. The second kappa shape index (κ2) is 24.4. The zero-order valence-electron chi connectivity index (χ0n) is 34.1. The van der Waals surface area contributed by atoms with Crippen LogP contribution in [-0.2, 0) is 30.1 Å². The van der Waals surface area contributed by atoms with Gasteiger partial charge in [0.25, 0.3) is 0 Å². The van der Waals surface area contributed by atoms with Crippen LogP contribution in [0.4, 0.5) is 0 Å². The molecule has 2 aromatic rings. The van der Waals surface area contributed by atoms with Gasteiger partial charge in [0.15, 0.2) is 0 Å². The van der Waals surface area contributed by atoms with Crippen molar-refractivity contribution in [1.29, 1.82) is 0 Å². The summed E-state index contributed by atoms with van der Waals surface area (Å²) < 4.78 is 0. The van der Waals surface area contributed by atoms with Crippen LogP contribution in [0.1, 0.15) is 193 Å². The van der Waals surface area contributed by atoms with Gasteiger partial charge in [0.1, 0.15) is 0 Å². The molecule has 0 spiro atoms. The number of hydrogen-bond acceptors (Lipinski definition) is 0. The summed E-state index contributed by atoms with van der Waals surface area (Å²) in [5.74, 6) is 0.833. The molecular formula is C45H84. The molecule has 0 bridgehead atoms. The monoisotopic (exact) mass is 625 g/mol. The first-order chi connectivity index (χ1) is 20.4. The van der Waals surface area contributed by atoms with E-state index in [1.54, 1.807) is 11.1 Å². The summed E-state index contributed by atoms with van der Waals surface area (Å²) in [7, 11) is 0. The third-order valence-corrected chi connectivity index (χ3v) is 7.36. The van der Waals surface area contributed by atoms with Gasteiger partial charge >= 0.3 is 0 Å². The molecule has 0 saturated heterocycles. The van der Waals surface area contributed by atoms with E-state index >= 15 is 0 Å². The topological polar surface area (TPSA) is 0 Å². The van der Waals surface area contributed by atoms with Crippen molar-refractivity contribution in [3.8, 4) is 11.1 Å². The fraction of sp³-hybridized carbons (Fsp3) is 0.689. The largest absolute Gasteiger partial charge is 0.0851 e. The van der Waals surface area contributed by atoms with Gasteiger partial charge in [-0.25, -0.2) is 0 Å². The Bertz CT molecular complexity index is 1040. The van der Waals surface area contributed by atoms with E-state index < -0.39 is 0 Å². The molecule has 1 aliphatic carbocycles. The number of allylic oxidation sites excluding steroid dienone is 2. The SMILES string of the molecule is C.C/C(=C\CCCc1cc(C(C)(C)C)cc2c1-c1ccc(C(C)(C)C)cc1CC2)C(C)(C)C.CC.CC.CC.CC.CC(C)C. The Morgan fingerprint density at radius 1 is 0.667 bits per heavy atom. The van der Waals surface area contributed by atoms with Crippen LogP contribution < -0.4 is 0 Å². The quantitative estimate of drug-likeness (QED) is 0.234. The summed E-state index contributed by atoms with van der Waals surface area (Å²) in [6.07, 6.45) is 8.31. The van der Waals surface area contributed by atoms with Gasteiger partial charge < -0.3 is 0 Å². The van der Waals surface area contributed by atoms with Crippen LogP contribution in [0.2, 0.25) is 0 Å². The molecule has 2 aromatic carbocycles.